The highest BCUT2D eigenvalue weighted by atomic mass is 32.2. The second-order valence-electron chi connectivity index (χ2n) is 5.27. The van der Waals surface area contributed by atoms with Crippen molar-refractivity contribution in [1.82, 2.24) is 5.32 Å². The Hall–Kier alpha value is -1.81. The topological polar surface area (TPSA) is 29.1 Å². The summed E-state index contributed by atoms with van der Waals surface area (Å²) in [6.45, 7) is 4.02. The lowest BCUT2D eigenvalue weighted by Crippen LogP contribution is -2.28. The van der Waals surface area contributed by atoms with Gasteiger partial charge in [0.2, 0.25) is 5.91 Å². The molecule has 2 aromatic carbocycles. The average molecular weight is 317 g/mol. The zero-order chi connectivity index (χ0) is 15.9. The van der Waals surface area contributed by atoms with Gasteiger partial charge in [-0.15, -0.1) is 11.8 Å². The molecule has 1 unspecified atom stereocenters. The minimum absolute atomic E-state index is 0.00263. The number of carbonyl (C=O) groups is 1. The number of carbonyl (C=O) groups excluding carboxylic acids is 1. The first-order chi connectivity index (χ1) is 10.6. The zero-order valence-corrected chi connectivity index (χ0v) is 13.6. The van der Waals surface area contributed by atoms with Crippen LogP contribution in [0.4, 0.5) is 4.39 Å². The molecule has 0 saturated heterocycles. The molecule has 0 aliphatic rings. The third kappa shape index (κ3) is 4.88. The van der Waals surface area contributed by atoms with Gasteiger partial charge < -0.3 is 5.32 Å². The highest BCUT2D eigenvalue weighted by Gasteiger charge is 2.11. The van der Waals surface area contributed by atoms with E-state index in [0.29, 0.717) is 11.5 Å². The van der Waals surface area contributed by atoms with Gasteiger partial charge in [-0.3, -0.25) is 4.79 Å². The monoisotopic (exact) mass is 317 g/mol. The van der Waals surface area contributed by atoms with Crippen LogP contribution in [-0.2, 0) is 10.5 Å². The van der Waals surface area contributed by atoms with Crippen molar-refractivity contribution in [2.75, 3.05) is 5.75 Å². The van der Waals surface area contributed by atoms with E-state index in [-0.39, 0.29) is 17.8 Å². The van der Waals surface area contributed by atoms with Crippen LogP contribution in [0, 0.1) is 12.7 Å². The van der Waals surface area contributed by atoms with Gasteiger partial charge >= 0.3 is 0 Å². The first kappa shape index (κ1) is 16.6. The van der Waals surface area contributed by atoms with Crippen molar-refractivity contribution in [2.45, 2.75) is 25.6 Å². The summed E-state index contributed by atoms with van der Waals surface area (Å²) in [5, 5.41) is 3.00. The van der Waals surface area contributed by atoms with Gasteiger partial charge in [-0.1, -0.05) is 36.4 Å². The Kier molecular flexibility index (Phi) is 6.01. The molecular weight excluding hydrogens is 297 g/mol. The van der Waals surface area contributed by atoms with Crippen LogP contribution in [0.5, 0.6) is 0 Å². The fourth-order valence-electron chi connectivity index (χ4n) is 2.32. The molecule has 0 spiro atoms. The Bertz CT molecular complexity index is 644. The minimum Gasteiger partial charge on any atom is -0.349 e. The average Bonchev–Trinajstić information content (AvgIpc) is 2.47. The number of hydrogen-bond acceptors (Lipinski definition) is 2. The second kappa shape index (κ2) is 7.99. The lowest BCUT2D eigenvalue weighted by Gasteiger charge is -2.16. The highest BCUT2D eigenvalue weighted by Crippen LogP contribution is 2.17. The predicted octanol–water partition coefficient (Wildman–Crippen LogP) is 4.24. The van der Waals surface area contributed by atoms with Crippen LogP contribution in [-0.4, -0.2) is 11.7 Å². The predicted molar refractivity (Wildman–Crippen MR) is 90.3 cm³/mol. The molecule has 4 heteroatoms. The summed E-state index contributed by atoms with van der Waals surface area (Å²) in [6.07, 6.45) is 0. The van der Waals surface area contributed by atoms with Gasteiger partial charge in [0.25, 0.3) is 0 Å². The van der Waals surface area contributed by atoms with Crippen molar-refractivity contribution >= 4 is 17.7 Å². The quantitative estimate of drug-likeness (QED) is 0.863. The summed E-state index contributed by atoms with van der Waals surface area (Å²) in [5.74, 6) is 0.754. The van der Waals surface area contributed by atoms with Crippen molar-refractivity contribution in [2.24, 2.45) is 0 Å². The molecule has 116 valence electrons. The smallest absolute Gasteiger partial charge is 0.230 e. The molecule has 2 nitrogen and oxygen atoms in total. The van der Waals surface area contributed by atoms with Crippen LogP contribution in [0.1, 0.15) is 29.7 Å². The highest BCUT2D eigenvalue weighted by molar-refractivity contribution is 7.99. The van der Waals surface area contributed by atoms with E-state index in [9.17, 15) is 9.18 Å². The molecule has 0 aromatic heterocycles. The molecule has 1 N–H and O–H groups in total. The number of nitrogens with one attached hydrogen (secondary N) is 1. The van der Waals surface area contributed by atoms with E-state index in [2.05, 4.69) is 5.32 Å². The van der Waals surface area contributed by atoms with Crippen LogP contribution in [0.3, 0.4) is 0 Å². The summed E-state index contributed by atoms with van der Waals surface area (Å²) in [4.78, 5) is 12.0. The number of rotatable bonds is 6. The Balaban J connectivity index is 1.79. The third-order valence-electron chi connectivity index (χ3n) is 3.42. The fourth-order valence-corrected chi connectivity index (χ4v) is 3.11. The fraction of sp³-hybridized carbons (Fsp3) is 0.278. The minimum atomic E-state index is -0.240. The van der Waals surface area contributed by atoms with Gasteiger partial charge in [-0.05, 0) is 42.7 Å². The molecular formula is C18H20FNOS. The summed E-state index contributed by atoms with van der Waals surface area (Å²) in [7, 11) is 0. The zero-order valence-electron chi connectivity index (χ0n) is 12.8. The number of thioether (sulfide) groups is 1. The Labute approximate surface area is 135 Å². The molecule has 0 bridgehead atoms. The molecule has 0 aliphatic carbocycles. The number of benzene rings is 2. The lowest BCUT2D eigenvalue weighted by molar-refractivity contribution is -0.119. The molecule has 0 radical (unpaired) electrons. The molecule has 0 heterocycles. The van der Waals surface area contributed by atoms with Gasteiger partial charge in [0.05, 0.1) is 11.8 Å². The van der Waals surface area contributed by atoms with E-state index in [4.69, 9.17) is 0 Å². The summed E-state index contributed by atoms with van der Waals surface area (Å²) >= 11 is 1.49. The largest absolute Gasteiger partial charge is 0.349 e. The van der Waals surface area contributed by atoms with E-state index in [0.717, 1.165) is 11.1 Å². The van der Waals surface area contributed by atoms with E-state index >= 15 is 0 Å². The van der Waals surface area contributed by atoms with Crippen LogP contribution in [0.2, 0.25) is 0 Å². The van der Waals surface area contributed by atoms with Crippen LogP contribution >= 0.6 is 11.8 Å². The first-order valence-electron chi connectivity index (χ1n) is 7.23. The molecule has 0 fully saturated rings. The standard InChI is InChI=1S/C18H20FNOS/c1-13-6-3-4-9-17(13)14(2)20-18(21)12-22-11-15-7-5-8-16(19)10-15/h3-10,14H,11-12H2,1-2H3,(H,20,21). The maximum atomic E-state index is 13.1. The number of halogens is 1. The van der Waals surface area contributed by atoms with Crippen LogP contribution in [0.15, 0.2) is 48.5 Å². The summed E-state index contributed by atoms with van der Waals surface area (Å²) < 4.78 is 13.1. The van der Waals surface area contributed by atoms with Crippen molar-refractivity contribution in [3.05, 3.63) is 71.0 Å². The van der Waals surface area contributed by atoms with Crippen molar-refractivity contribution in [3.8, 4) is 0 Å². The Morgan fingerprint density at radius 3 is 2.73 bits per heavy atom. The van der Waals surface area contributed by atoms with Gasteiger partial charge in [-0.2, -0.15) is 0 Å². The van der Waals surface area contributed by atoms with Crippen molar-refractivity contribution < 1.29 is 9.18 Å². The molecule has 2 rings (SSSR count). The normalized spacial score (nSPS) is 12.0. The van der Waals surface area contributed by atoms with Gasteiger partial charge in [0, 0.05) is 5.75 Å². The lowest BCUT2D eigenvalue weighted by atomic mass is 10.0. The van der Waals surface area contributed by atoms with Crippen molar-refractivity contribution in [1.29, 1.82) is 0 Å². The molecule has 1 amide bonds. The van der Waals surface area contributed by atoms with E-state index in [1.54, 1.807) is 6.07 Å². The van der Waals surface area contributed by atoms with Crippen LogP contribution < -0.4 is 5.32 Å². The van der Waals surface area contributed by atoms with Gasteiger partial charge in [0.1, 0.15) is 5.82 Å². The van der Waals surface area contributed by atoms with E-state index < -0.39 is 0 Å². The van der Waals surface area contributed by atoms with E-state index in [1.807, 2.05) is 44.2 Å². The number of aryl methyl sites for hydroxylation is 1. The molecule has 1 atom stereocenters. The second-order valence-corrected chi connectivity index (χ2v) is 6.25. The summed E-state index contributed by atoms with van der Waals surface area (Å²) in [6, 6.07) is 14.5. The Morgan fingerprint density at radius 1 is 1.23 bits per heavy atom. The van der Waals surface area contributed by atoms with Gasteiger partial charge in [-0.25, -0.2) is 4.39 Å². The maximum Gasteiger partial charge on any atom is 0.230 e. The molecule has 0 aliphatic heterocycles. The first-order valence-corrected chi connectivity index (χ1v) is 8.39. The Morgan fingerprint density at radius 2 is 2.00 bits per heavy atom. The molecule has 22 heavy (non-hydrogen) atoms. The molecule has 0 saturated carbocycles. The summed E-state index contributed by atoms with van der Waals surface area (Å²) in [5.41, 5.74) is 3.19. The van der Waals surface area contributed by atoms with Crippen molar-refractivity contribution in [3.63, 3.8) is 0 Å². The van der Waals surface area contributed by atoms with E-state index in [1.165, 1.54) is 29.5 Å². The third-order valence-corrected chi connectivity index (χ3v) is 4.43. The maximum absolute atomic E-state index is 13.1. The SMILES string of the molecule is Cc1ccccc1C(C)NC(=O)CSCc1cccc(F)c1. The van der Waals surface area contributed by atoms with Gasteiger partial charge in [0.15, 0.2) is 0 Å². The molecule has 2 aromatic rings. The number of hydrogen-bond donors (Lipinski definition) is 1. The van der Waals surface area contributed by atoms with Crippen LogP contribution in [0.25, 0.3) is 0 Å². The number of amides is 1.